The maximum Gasteiger partial charge on any atom is 0.274 e. The molecule has 2 aliphatic heterocycles. The summed E-state index contributed by atoms with van der Waals surface area (Å²) in [5, 5.41) is 7.35. The van der Waals surface area contributed by atoms with Crippen LogP contribution in [0, 0.1) is 5.82 Å². The summed E-state index contributed by atoms with van der Waals surface area (Å²) in [6.07, 6.45) is 0.872. The number of aromatic nitrogens is 2. The van der Waals surface area contributed by atoms with Gasteiger partial charge in [-0.1, -0.05) is 18.2 Å². The van der Waals surface area contributed by atoms with Crippen LogP contribution in [0.4, 0.5) is 10.1 Å². The van der Waals surface area contributed by atoms with E-state index in [1.807, 2.05) is 24.3 Å². The Bertz CT molecular complexity index is 1220. The predicted octanol–water partition coefficient (Wildman–Crippen LogP) is 2.65. The molecular formula is C26H28FN5O3. The van der Waals surface area contributed by atoms with Crippen molar-refractivity contribution in [1.82, 2.24) is 20.0 Å². The van der Waals surface area contributed by atoms with Crippen LogP contribution in [0.3, 0.4) is 0 Å². The van der Waals surface area contributed by atoms with E-state index in [4.69, 9.17) is 4.74 Å². The standard InChI is InChI=1S/C26H28FN5O3/c1-35-23-5-3-2-4-18(23)16-24(33)32-11-10-22-21(17-32)25(29-28-22)26(34)31-14-12-30(13-15-31)20-8-6-19(27)7-9-20/h2-9H,10-17H2,1H3,(H,28,29). The van der Waals surface area contributed by atoms with Crippen LogP contribution in [0.2, 0.25) is 0 Å². The van der Waals surface area contributed by atoms with E-state index in [0.717, 1.165) is 22.5 Å². The molecule has 8 nitrogen and oxygen atoms in total. The SMILES string of the molecule is COc1ccccc1CC(=O)N1CCc2[nH]nc(C(=O)N3CCN(c4ccc(F)cc4)CC3)c2C1. The van der Waals surface area contributed by atoms with Crippen LogP contribution in [-0.2, 0) is 24.2 Å². The van der Waals surface area contributed by atoms with Crippen molar-refractivity contribution in [1.29, 1.82) is 0 Å². The number of ether oxygens (including phenoxy) is 1. The third-order valence-electron chi connectivity index (χ3n) is 6.78. The van der Waals surface area contributed by atoms with Gasteiger partial charge in [0, 0.05) is 68.2 Å². The molecule has 3 heterocycles. The van der Waals surface area contributed by atoms with Crippen LogP contribution in [0.5, 0.6) is 5.75 Å². The molecule has 9 heteroatoms. The Morgan fingerprint density at radius 3 is 2.49 bits per heavy atom. The number of nitrogens with zero attached hydrogens (tertiary/aromatic N) is 4. The minimum atomic E-state index is -0.263. The molecule has 5 rings (SSSR count). The first-order valence-electron chi connectivity index (χ1n) is 11.8. The number of methoxy groups -OCH3 is 1. The van der Waals surface area contributed by atoms with Gasteiger partial charge in [-0.3, -0.25) is 14.7 Å². The second-order valence-corrected chi connectivity index (χ2v) is 8.84. The van der Waals surface area contributed by atoms with Crippen molar-refractivity contribution >= 4 is 17.5 Å². The second-order valence-electron chi connectivity index (χ2n) is 8.84. The maximum absolute atomic E-state index is 13.3. The number of benzene rings is 2. The van der Waals surface area contributed by atoms with Gasteiger partial charge in [-0.25, -0.2) is 4.39 Å². The molecule has 0 atom stereocenters. The van der Waals surface area contributed by atoms with Crippen LogP contribution in [0.15, 0.2) is 48.5 Å². The highest BCUT2D eigenvalue weighted by molar-refractivity contribution is 5.94. The zero-order chi connectivity index (χ0) is 24.4. The summed E-state index contributed by atoms with van der Waals surface area (Å²) in [7, 11) is 1.60. The number of nitrogens with one attached hydrogen (secondary N) is 1. The lowest BCUT2D eigenvalue weighted by molar-refractivity contribution is -0.131. The summed E-state index contributed by atoms with van der Waals surface area (Å²) in [6.45, 7) is 3.35. The molecule has 2 amide bonds. The van der Waals surface area contributed by atoms with Crippen LogP contribution in [0.25, 0.3) is 0 Å². The maximum atomic E-state index is 13.3. The second kappa shape index (κ2) is 9.77. The Morgan fingerprint density at radius 1 is 1.00 bits per heavy atom. The number of halogens is 1. The quantitative estimate of drug-likeness (QED) is 0.611. The van der Waals surface area contributed by atoms with Gasteiger partial charge < -0.3 is 19.4 Å². The van der Waals surface area contributed by atoms with Gasteiger partial charge in [-0.15, -0.1) is 0 Å². The molecule has 1 aromatic heterocycles. The summed E-state index contributed by atoms with van der Waals surface area (Å²) in [5.41, 5.74) is 3.90. The Labute approximate surface area is 203 Å². The number of hydrogen-bond acceptors (Lipinski definition) is 5. The summed E-state index contributed by atoms with van der Waals surface area (Å²) >= 11 is 0. The number of fused-ring (bicyclic) bond motifs is 1. The number of carbonyl (C=O) groups excluding carboxylic acids is 2. The lowest BCUT2D eigenvalue weighted by atomic mass is 10.0. The average Bonchev–Trinajstić information content (AvgIpc) is 3.32. The lowest BCUT2D eigenvalue weighted by Crippen LogP contribution is -2.49. The molecule has 0 saturated carbocycles. The van der Waals surface area contributed by atoms with Gasteiger partial charge in [0.1, 0.15) is 11.6 Å². The first-order valence-corrected chi connectivity index (χ1v) is 11.8. The minimum absolute atomic E-state index is 0.00680. The average molecular weight is 478 g/mol. The first kappa shape index (κ1) is 22.9. The molecule has 1 fully saturated rings. The van der Waals surface area contributed by atoms with Crippen molar-refractivity contribution in [3.8, 4) is 5.75 Å². The first-order chi connectivity index (χ1) is 17.0. The summed E-state index contributed by atoms with van der Waals surface area (Å²) < 4.78 is 18.6. The normalized spacial score (nSPS) is 15.7. The number of hydrogen-bond donors (Lipinski definition) is 1. The Balaban J connectivity index is 1.24. The molecule has 1 N–H and O–H groups in total. The number of rotatable bonds is 5. The molecule has 3 aromatic rings. The molecule has 0 unspecified atom stereocenters. The molecule has 35 heavy (non-hydrogen) atoms. The number of carbonyl (C=O) groups is 2. The van der Waals surface area contributed by atoms with Crippen molar-refractivity contribution in [2.75, 3.05) is 44.7 Å². The van der Waals surface area contributed by atoms with E-state index in [1.54, 1.807) is 29.0 Å². The third-order valence-corrected chi connectivity index (χ3v) is 6.78. The molecule has 182 valence electrons. The van der Waals surface area contributed by atoms with E-state index in [2.05, 4.69) is 15.1 Å². The highest BCUT2D eigenvalue weighted by Crippen LogP contribution is 2.25. The fourth-order valence-electron chi connectivity index (χ4n) is 4.78. The van der Waals surface area contributed by atoms with E-state index in [9.17, 15) is 14.0 Å². The number of H-pyrrole nitrogens is 1. The highest BCUT2D eigenvalue weighted by atomic mass is 19.1. The Morgan fingerprint density at radius 2 is 1.74 bits per heavy atom. The predicted molar refractivity (Wildman–Crippen MR) is 129 cm³/mol. The van der Waals surface area contributed by atoms with Crippen molar-refractivity contribution in [3.05, 3.63) is 76.9 Å². The van der Waals surface area contributed by atoms with Gasteiger partial charge in [0.2, 0.25) is 5.91 Å². The minimum Gasteiger partial charge on any atom is -0.496 e. The summed E-state index contributed by atoms with van der Waals surface area (Å²) in [6, 6.07) is 13.9. The fourth-order valence-corrected chi connectivity index (χ4v) is 4.78. The molecule has 0 spiro atoms. The lowest BCUT2D eigenvalue weighted by Gasteiger charge is -2.36. The number of amides is 2. The van der Waals surface area contributed by atoms with Crippen molar-refractivity contribution in [2.45, 2.75) is 19.4 Å². The van der Waals surface area contributed by atoms with Crippen LogP contribution in [0.1, 0.15) is 27.3 Å². The highest BCUT2D eigenvalue weighted by Gasteiger charge is 2.31. The molecule has 1 saturated heterocycles. The molecule has 0 bridgehead atoms. The molecule has 0 aliphatic carbocycles. The fraction of sp³-hybridized carbons (Fsp3) is 0.346. The van der Waals surface area contributed by atoms with E-state index in [-0.39, 0.29) is 24.1 Å². The number of para-hydroxylation sites is 1. The largest absolute Gasteiger partial charge is 0.496 e. The van der Waals surface area contributed by atoms with Crippen molar-refractivity contribution in [3.63, 3.8) is 0 Å². The van der Waals surface area contributed by atoms with Gasteiger partial charge in [0.25, 0.3) is 5.91 Å². The number of aromatic amines is 1. The Kier molecular flexibility index (Phi) is 6.39. The van der Waals surface area contributed by atoms with Gasteiger partial charge >= 0.3 is 0 Å². The van der Waals surface area contributed by atoms with E-state index in [0.29, 0.717) is 57.1 Å². The van der Waals surface area contributed by atoms with Crippen LogP contribution in [-0.4, -0.2) is 71.6 Å². The van der Waals surface area contributed by atoms with Gasteiger partial charge in [-0.2, -0.15) is 5.10 Å². The molecule has 0 radical (unpaired) electrons. The number of piperazine rings is 1. The Hall–Kier alpha value is -3.88. The van der Waals surface area contributed by atoms with E-state index < -0.39 is 0 Å². The third kappa shape index (κ3) is 4.71. The zero-order valence-electron chi connectivity index (χ0n) is 19.7. The summed E-state index contributed by atoms with van der Waals surface area (Å²) in [4.78, 5) is 32.1. The summed E-state index contributed by atoms with van der Waals surface area (Å²) in [5.74, 6) is 0.298. The van der Waals surface area contributed by atoms with Crippen LogP contribution >= 0.6 is 0 Å². The van der Waals surface area contributed by atoms with Gasteiger partial charge in [0.05, 0.1) is 13.5 Å². The zero-order valence-corrected chi connectivity index (χ0v) is 19.7. The van der Waals surface area contributed by atoms with Crippen LogP contribution < -0.4 is 9.64 Å². The molecular weight excluding hydrogens is 449 g/mol. The smallest absolute Gasteiger partial charge is 0.274 e. The monoisotopic (exact) mass is 477 g/mol. The number of anilines is 1. The molecule has 2 aromatic carbocycles. The van der Waals surface area contributed by atoms with E-state index in [1.165, 1.54) is 12.1 Å². The van der Waals surface area contributed by atoms with Crippen molar-refractivity contribution < 1.29 is 18.7 Å². The topological polar surface area (TPSA) is 81.8 Å². The molecule has 2 aliphatic rings. The van der Waals surface area contributed by atoms with Gasteiger partial charge in [0.15, 0.2) is 5.69 Å². The van der Waals surface area contributed by atoms with E-state index >= 15 is 0 Å². The van der Waals surface area contributed by atoms with Gasteiger partial charge in [-0.05, 0) is 30.3 Å². The van der Waals surface area contributed by atoms with Crippen molar-refractivity contribution in [2.24, 2.45) is 0 Å².